The summed E-state index contributed by atoms with van der Waals surface area (Å²) in [6.45, 7) is -1.88. The molecule has 0 heterocycles. The van der Waals surface area contributed by atoms with Crippen molar-refractivity contribution in [3.05, 3.63) is 33.9 Å². The maximum Gasteiger partial charge on any atom is 0.330 e. The van der Waals surface area contributed by atoms with E-state index in [1.165, 1.54) is 19.2 Å². The minimum atomic E-state index is -4.24. The number of halogens is 4. The normalized spacial score (nSPS) is 11.7. The summed E-state index contributed by atoms with van der Waals surface area (Å²) in [5.74, 6) is -4.24. The molecule has 0 saturated carbocycles. The van der Waals surface area contributed by atoms with Crippen molar-refractivity contribution in [2.45, 2.75) is 19.0 Å². The Morgan fingerprint density at radius 3 is 2.60 bits per heavy atom. The molecule has 1 N–H and O–H groups in total. The number of nitro benzene ring substituents is 1. The van der Waals surface area contributed by atoms with Gasteiger partial charge < -0.3 is 10.1 Å². The number of nitrogens with zero attached hydrogens (tertiary/aromatic N) is 1. The standard InChI is InChI=1S/C11H12F4N2O3/c1-16-8-3-2-7(4-9(8)17(18)19)5-20-6-11(14,15)10(12)13/h2-4,10,16H,5-6H2,1H3. The first-order valence-corrected chi connectivity index (χ1v) is 5.46. The molecule has 0 saturated heterocycles. The molecule has 1 rings (SSSR count). The van der Waals surface area contributed by atoms with Crippen molar-refractivity contribution in [3.63, 3.8) is 0 Å². The van der Waals surface area contributed by atoms with Crippen molar-refractivity contribution < 1.29 is 27.2 Å². The lowest BCUT2D eigenvalue weighted by atomic mass is 10.2. The Bertz CT molecular complexity index is 483. The molecule has 112 valence electrons. The SMILES string of the molecule is CNc1ccc(COCC(F)(F)C(F)F)cc1[N+](=O)[O-]. The van der Waals surface area contributed by atoms with Gasteiger partial charge in [-0.05, 0) is 11.6 Å². The molecular formula is C11H12F4N2O3. The Hall–Kier alpha value is -1.90. The van der Waals surface area contributed by atoms with Gasteiger partial charge in [0.1, 0.15) is 12.3 Å². The van der Waals surface area contributed by atoms with E-state index >= 15 is 0 Å². The van der Waals surface area contributed by atoms with Gasteiger partial charge >= 0.3 is 12.3 Å². The summed E-state index contributed by atoms with van der Waals surface area (Å²) in [5.41, 5.74) is 0.228. The van der Waals surface area contributed by atoms with E-state index in [1.807, 2.05) is 0 Å². The van der Waals surface area contributed by atoms with Gasteiger partial charge in [0.25, 0.3) is 5.69 Å². The van der Waals surface area contributed by atoms with Crippen LogP contribution in [0.15, 0.2) is 18.2 Å². The van der Waals surface area contributed by atoms with Crippen molar-refractivity contribution in [2.24, 2.45) is 0 Å². The molecule has 0 bridgehead atoms. The number of benzene rings is 1. The van der Waals surface area contributed by atoms with E-state index < -0.39 is 30.5 Å². The molecule has 5 nitrogen and oxygen atoms in total. The van der Waals surface area contributed by atoms with Crippen LogP contribution in [0.2, 0.25) is 0 Å². The highest BCUT2D eigenvalue weighted by Crippen LogP contribution is 2.26. The van der Waals surface area contributed by atoms with Gasteiger partial charge in [-0.25, -0.2) is 8.78 Å². The highest BCUT2D eigenvalue weighted by Gasteiger charge is 2.40. The number of nitrogens with one attached hydrogen (secondary N) is 1. The van der Waals surface area contributed by atoms with E-state index in [4.69, 9.17) is 0 Å². The Morgan fingerprint density at radius 2 is 2.10 bits per heavy atom. The fraction of sp³-hybridized carbons (Fsp3) is 0.455. The van der Waals surface area contributed by atoms with E-state index in [-0.39, 0.29) is 16.9 Å². The van der Waals surface area contributed by atoms with Crippen LogP contribution in [0.5, 0.6) is 0 Å². The van der Waals surface area contributed by atoms with E-state index in [9.17, 15) is 27.7 Å². The fourth-order valence-electron chi connectivity index (χ4n) is 1.40. The maximum absolute atomic E-state index is 12.6. The molecule has 0 fully saturated rings. The highest BCUT2D eigenvalue weighted by molar-refractivity contribution is 5.62. The van der Waals surface area contributed by atoms with Crippen LogP contribution in [-0.2, 0) is 11.3 Å². The number of alkyl halides is 4. The first kappa shape index (κ1) is 16.2. The average Bonchev–Trinajstić information content (AvgIpc) is 2.38. The number of rotatable bonds is 7. The Balaban J connectivity index is 2.70. The molecular weight excluding hydrogens is 284 g/mol. The monoisotopic (exact) mass is 296 g/mol. The molecule has 0 aromatic heterocycles. The molecule has 0 aliphatic rings. The molecule has 0 atom stereocenters. The quantitative estimate of drug-likeness (QED) is 0.477. The van der Waals surface area contributed by atoms with Crippen LogP contribution in [-0.4, -0.2) is 30.9 Å². The van der Waals surface area contributed by atoms with Gasteiger partial charge in [0.15, 0.2) is 0 Å². The van der Waals surface area contributed by atoms with Gasteiger partial charge in [-0.15, -0.1) is 0 Å². The molecule has 0 unspecified atom stereocenters. The van der Waals surface area contributed by atoms with Crippen molar-refractivity contribution in [1.82, 2.24) is 0 Å². The summed E-state index contributed by atoms with van der Waals surface area (Å²) in [6.07, 6.45) is -3.82. The van der Waals surface area contributed by atoms with Gasteiger partial charge in [-0.2, -0.15) is 8.78 Å². The third-order valence-corrected chi connectivity index (χ3v) is 2.41. The van der Waals surface area contributed by atoms with Gasteiger partial charge in [0, 0.05) is 13.1 Å². The summed E-state index contributed by atoms with van der Waals surface area (Å²) in [6, 6.07) is 3.92. The van der Waals surface area contributed by atoms with Crippen LogP contribution in [0.25, 0.3) is 0 Å². The molecule has 0 amide bonds. The number of nitro groups is 1. The van der Waals surface area contributed by atoms with Crippen LogP contribution in [0.3, 0.4) is 0 Å². The van der Waals surface area contributed by atoms with Crippen molar-refractivity contribution >= 4 is 11.4 Å². The first-order valence-electron chi connectivity index (χ1n) is 5.46. The Morgan fingerprint density at radius 1 is 1.45 bits per heavy atom. The van der Waals surface area contributed by atoms with Gasteiger partial charge in [-0.3, -0.25) is 10.1 Å². The van der Waals surface area contributed by atoms with E-state index in [0.717, 1.165) is 6.07 Å². The maximum atomic E-state index is 12.6. The van der Waals surface area contributed by atoms with E-state index in [0.29, 0.717) is 0 Å². The van der Waals surface area contributed by atoms with Crippen LogP contribution in [0.1, 0.15) is 5.56 Å². The minimum Gasteiger partial charge on any atom is -0.383 e. The smallest absolute Gasteiger partial charge is 0.330 e. The van der Waals surface area contributed by atoms with Gasteiger partial charge in [-0.1, -0.05) is 6.07 Å². The van der Waals surface area contributed by atoms with Crippen molar-refractivity contribution in [1.29, 1.82) is 0 Å². The second-order valence-corrected chi connectivity index (χ2v) is 3.91. The Kier molecular flexibility index (Phi) is 5.26. The number of anilines is 1. The molecule has 0 spiro atoms. The number of ether oxygens (including phenoxy) is 1. The van der Waals surface area contributed by atoms with Crippen molar-refractivity contribution in [2.75, 3.05) is 19.0 Å². The zero-order valence-electron chi connectivity index (χ0n) is 10.4. The zero-order valence-corrected chi connectivity index (χ0v) is 10.4. The molecule has 0 aliphatic heterocycles. The number of hydrogen-bond acceptors (Lipinski definition) is 4. The fourth-order valence-corrected chi connectivity index (χ4v) is 1.40. The zero-order chi connectivity index (χ0) is 15.3. The van der Waals surface area contributed by atoms with Gasteiger partial charge in [0.2, 0.25) is 0 Å². The average molecular weight is 296 g/mol. The lowest BCUT2D eigenvalue weighted by Gasteiger charge is -2.15. The summed E-state index contributed by atoms with van der Waals surface area (Å²) in [5, 5.41) is 13.4. The second kappa shape index (κ2) is 6.51. The third kappa shape index (κ3) is 4.05. The number of hydrogen-bond donors (Lipinski definition) is 1. The summed E-state index contributed by atoms with van der Waals surface area (Å²) in [4.78, 5) is 10.1. The molecule has 1 aromatic carbocycles. The minimum absolute atomic E-state index is 0.237. The largest absolute Gasteiger partial charge is 0.383 e. The summed E-state index contributed by atoms with van der Waals surface area (Å²) in [7, 11) is 1.49. The van der Waals surface area contributed by atoms with Gasteiger partial charge in [0.05, 0.1) is 11.5 Å². The topological polar surface area (TPSA) is 64.4 Å². The molecule has 20 heavy (non-hydrogen) atoms. The lowest BCUT2D eigenvalue weighted by molar-refractivity contribution is -0.384. The van der Waals surface area contributed by atoms with Crippen LogP contribution >= 0.6 is 0 Å². The lowest BCUT2D eigenvalue weighted by Crippen LogP contribution is -2.32. The van der Waals surface area contributed by atoms with Crippen LogP contribution in [0.4, 0.5) is 28.9 Å². The molecule has 1 aromatic rings. The van der Waals surface area contributed by atoms with Crippen molar-refractivity contribution in [3.8, 4) is 0 Å². The summed E-state index contributed by atoms with van der Waals surface area (Å²) < 4.78 is 53.4. The third-order valence-electron chi connectivity index (χ3n) is 2.41. The predicted octanol–water partition coefficient (Wildman–Crippen LogP) is 3.05. The molecule has 0 radical (unpaired) electrons. The van der Waals surface area contributed by atoms with E-state index in [1.54, 1.807) is 0 Å². The molecule has 9 heteroatoms. The second-order valence-electron chi connectivity index (χ2n) is 3.91. The first-order chi connectivity index (χ1) is 9.27. The van der Waals surface area contributed by atoms with Crippen LogP contribution in [0, 0.1) is 10.1 Å². The van der Waals surface area contributed by atoms with E-state index in [2.05, 4.69) is 10.1 Å². The molecule has 0 aliphatic carbocycles. The predicted molar refractivity (Wildman–Crippen MR) is 63.3 cm³/mol. The highest BCUT2D eigenvalue weighted by atomic mass is 19.3. The summed E-state index contributed by atoms with van der Waals surface area (Å²) >= 11 is 0. The Labute approximate surface area is 111 Å². The van der Waals surface area contributed by atoms with Crippen LogP contribution < -0.4 is 5.32 Å².